The normalized spacial score (nSPS) is 17.8. The quantitative estimate of drug-likeness (QED) is 0.809. The molecule has 2 rings (SSSR count). The van der Waals surface area contributed by atoms with E-state index in [2.05, 4.69) is 17.2 Å². The van der Waals surface area contributed by atoms with Gasteiger partial charge in [-0.3, -0.25) is 9.59 Å². The van der Waals surface area contributed by atoms with Crippen LogP contribution < -0.4 is 10.6 Å². The Bertz CT molecular complexity index is 493. The lowest BCUT2D eigenvalue weighted by atomic mass is 10.1. The summed E-state index contributed by atoms with van der Waals surface area (Å²) in [5.41, 5.74) is 0.740. The van der Waals surface area contributed by atoms with Gasteiger partial charge in [0, 0.05) is 25.3 Å². The first-order valence-corrected chi connectivity index (χ1v) is 6.68. The van der Waals surface area contributed by atoms with Gasteiger partial charge in [0.2, 0.25) is 11.8 Å². The summed E-state index contributed by atoms with van der Waals surface area (Å²) >= 11 is 0. The average Bonchev–Trinajstić information content (AvgIpc) is 2.44. The predicted molar refractivity (Wildman–Crippen MR) is 85.5 cm³/mol. The number of carbonyl (C=O) groups excluding carboxylic acids is 2. The molecule has 5 nitrogen and oxygen atoms in total. The standard InChI is InChI=1S/C15H19N3O2.ClH/c1-2-9-18-10-8-16-13(15(18)20)11-14(19)17-12-6-4-3-5-7-12;/h2-7,13,16H,1,8-11H2,(H,17,19);1H. The highest BCUT2D eigenvalue weighted by atomic mass is 35.5. The number of piperazine rings is 1. The summed E-state index contributed by atoms with van der Waals surface area (Å²) in [5.74, 6) is -0.207. The number of anilines is 1. The predicted octanol–water partition coefficient (Wildman–Crippen LogP) is 1.42. The Morgan fingerprint density at radius 1 is 1.43 bits per heavy atom. The number of hydrogen-bond acceptors (Lipinski definition) is 3. The summed E-state index contributed by atoms with van der Waals surface area (Å²) in [4.78, 5) is 25.8. The minimum absolute atomic E-state index is 0. The number of carbonyl (C=O) groups is 2. The molecule has 0 radical (unpaired) electrons. The Kier molecular flexibility index (Phi) is 6.91. The van der Waals surface area contributed by atoms with E-state index >= 15 is 0 Å². The lowest BCUT2D eigenvalue weighted by Crippen LogP contribution is -2.55. The van der Waals surface area contributed by atoms with Crippen molar-refractivity contribution in [2.75, 3.05) is 25.0 Å². The van der Waals surface area contributed by atoms with Crippen LogP contribution in [-0.2, 0) is 9.59 Å². The van der Waals surface area contributed by atoms with Crippen molar-refractivity contribution in [3.05, 3.63) is 43.0 Å². The summed E-state index contributed by atoms with van der Waals surface area (Å²) in [6.07, 6.45) is 1.84. The van der Waals surface area contributed by atoms with E-state index in [1.54, 1.807) is 11.0 Å². The fourth-order valence-electron chi connectivity index (χ4n) is 2.21. The van der Waals surface area contributed by atoms with Crippen LogP contribution in [0.3, 0.4) is 0 Å². The molecule has 1 aromatic rings. The molecule has 114 valence electrons. The van der Waals surface area contributed by atoms with E-state index in [1.807, 2.05) is 30.3 Å². The van der Waals surface area contributed by atoms with Gasteiger partial charge in [0.15, 0.2) is 0 Å². The molecule has 2 amide bonds. The molecule has 1 saturated heterocycles. The second-order valence-corrected chi connectivity index (χ2v) is 4.70. The Morgan fingerprint density at radius 2 is 2.14 bits per heavy atom. The summed E-state index contributed by atoms with van der Waals surface area (Å²) in [5, 5.41) is 5.87. The van der Waals surface area contributed by atoms with E-state index in [1.165, 1.54) is 0 Å². The molecule has 1 fully saturated rings. The summed E-state index contributed by atoms with van der Waals surface area (Å²) in [7, 11) is 0. The number of hydrogen-bond donors (Lipinski definition) is 2. The minimum atomic E-state index is -0.451. The zero-order chi connectivity index (χ0) is 14.4. The molecule has 0 saturated carbocycles. The molecule has 0 spiro atoms. The van der Waals surface area contributed by atoms with Crippen molar-refractivity contribution in [1.29, 1.82) is 0 Å². The van der Waals surface area contributed by atoms with Gasteiger partial charge in [0.05, 0.1) is 12.5 Å². The number of benzene rings is 1. The molecule has 1 aromatic carbocycles. The summed E-state index contributed by atoms with van der Waals surface area (Å²) in [6.45, 7) is 5.51. The fraction of sp³-hybridized carbons (Fsp3) is 0.333. The molecule has 2 N–H and O–H groups in total. The van der Waals surface area contributed by atoms with Gasteiger partial charge in [-0.05, 0) is 12.1 Å². The van der Waals surface area contributed by atoms with Crippen molar-refractivity contribution in [1.82, 2.24) is 10.2 Å². The molecular formula is C15H20ClN3O2. The highest BCUT2D eigenvalue weighted by Gasteiger charge is 2.29. The minimum Gasteiger partial charge on any atom is -0.336 e. The van der Waals surface area contributed by atoms with Gasteiger partial charge in [0.1, 0.15) is 0 Å². The van der Waals surface area contributed by atoms with Crippen LogP contribution in [0.1, 0.15) is 6.42 Å². The Balaban J connectivity index is 0.00000220. The van der Waals surface area contributed by atoms with E-state index in [-0.39, 0.29) is 30.6 Å². The second kappa shape index (κ2) is 8.44. The highest BCUT2D eigenvalue weighted by molar-refractivity contribution is 5.95. The van der Waals surface area contributed by atoms with Crippen LogP contribution in [0.15, 0.2) is 43.0 Å². The average molecular weight is 310 g/mol. The number of para-hydroxylation sites is 1. The first-order chi connectivity index (χ1) is 9.70. The lowest BCUT2D eigenvalue weighted by Gasteiger charge is -2.32. The van der Waals surface area contributed by atoms with E-state index < -0.39 is 6.04 Å². The van der Waals surface area contributed by atoms with Crippen molar-refractivity contribution in [2.45, 2.75) is 12.5 Å². The fourth-order valence-corrected chi connectivity index (χ4v) is 2.21. The van der Waals surface area contributed by atoms with Gasteiger partial charge < -0.3 is 15.5 Å². The zero-order valence-electron chi connectivity index (χ0n) is 11.7. The number of rotatable bonds is 5. The van der Waals surface area contributed by atoms with Crippen LogP contribution in [0.25, 0.3) is 0 Å². The van der Waals surface area contributed by atoms with Gasteiger partial charge in [-0.15, -0.1) is 19.0 Å². The second-order valence-electron chi connectivity index (χ2n) is 4.70. The number of halogens is 1. The highest BCUT2D eigenvalue weighted by Crippen LogP contribution is 2.09. The van der Waals surface area contributed by atoms with Gasteiger partial charge in [0.25, 0.3) is 0 Å². The van der Waals surface area contributed by atoms with Crippen molar-refractivity contribution >= 4 is 29.9 Å². The van der Waals surface area contributed by atoms with Gasteiger partial charge in [-0.2, -0.15) is 0 Å². The molecule has 1 atom stereocenters. The topological polar surface area (TPSA) is 61.4 Å². The molecular weight excluding hydrogens is 290 g/mol. The summed E-state index contributed by atoms with van der Waals surface area (Å²) < 4.78 is 0. The Morgan fingerprint density at radius 3 is 2.81 bits per heavy atom. The molecule has 21 heavy (non-hydrogen) atoms. The Hall–Kier alpha value is -1.85. The molecule has 0 aromatic heterocycles. The van der Waals surface area contributed by atoms with Crippen LogP contribution in [0, 0.1) is 0 Å². The largest absolute Gasteiger partial charge is 0.336 e. The Labute approximate surface area is 130 Å². The van der Waals surface area contributed by atoms with Gasteiger partial charge in [-0.1, -0.05) is 24.3 Å². The summed E-state index contributed by atoms with van der Waals surface area (Å²) in [6, 6.07) is 8.77. The van der Waals surface area contributed by atoms with Crippen LogP contribution >= 0.6 is 12.4 Å². The maximum Gasteiger partial charge on any atom is 0.240 e. The molecule has 0 aliphatic carbocycles. The van der Waals surface area contributed by atoms with Crippen molar-refractivity contribution in [2.24, 2.45) is 0 Å². The first kappa shape index (κ1) is 17.2. The molecule has 0 bridgehead atoms. The van der Waals surface area contributed by atoms with Crippen LogP contribution in [0.5, 0.6) is 0 Å². The van der Waals surface area contributed by atoms with Crippen molar-refractivity contribution < 1.29 is 9.59 Å². The van der Waals surface area contributed by atoms with E-state index in [9.17, 15) is 9.59 Å². The molecule has 6 heteroatoms. The van der Waals surface area contributed by atoms with E-state index in [0.717, 1.165) is 5.69 Å². The van der Waals surface area contributed by atoms with Crippen molar-refractivity contribution in [3.8, 4) is 0 Å². The van der Waals surface area contributed by atoms with Crippen LogP contribution in [-0.4, -0.2) is 42.4 Å². The smallest absolute Gasteiger partial charge is 0.240 e. The first-order valence-electron chi connectivity index (χ1n) is 6.68. The van der Waals surface area contributed by atoms with Crippen molar-refractivity contribution in [3.63, 3.8) is 0 Å². The maximum absolute atomic E-state index is 12.1. The maximum atomic E-state index is 12.1. The third-order valence-corrected chi connectivity index (χ3v) is 3.18. The van der Waals surface area contributed by atoms with Crippen LogP contribution in [0.4, 0.5) is 5.69 Å². The lowest BCUT2D eigenvalue weighted by molar-refractivity contribution is -0.136. The zero-order valence-corrected chi connectivity index (χ0v) is 12.6. The van der Waals surface area contributed by atoms with Gasteiger partial charge in [-0.25, -0.2) is 0 Å². The third-order valence-electron chi connectivity index (χ3n) is 3.18. The number of nitrogens with one attached hydrogen (secondary N) is 2. The van der Waals surface area contributed by atoms with E-state index in [4.69, 9.17) is 0 Å². The SMILES string of the molecule is C=CCN1CCNC(CC(=O)Nc2ccccc2)C1=O.Cl. The van der Waals surface area contributed by atoms with Gasteiger partial charge >= 0.3 is 0 Å². The molecule has 1 aliphatic rings. The number of nitrogens with zero attached hydrogens (tertiary/aromatic N) is 1. The molecule has 1 aliphatic heterocycles. The van der Waals surface area contributed by atoms with E-state index in [0.29, 0.717) is 19.6 Å². The third kappa shape index (κ3) is 4.88. The van der Waals surface area contributed by atoms with Crippen LogP contribution in [0.2, 0.25) is 0 Å². The molecule has 1 unspecified atom stereocenters. The number of amides is 2. The molecule has 1 heterocycles. The monoisotopic (exact) mass is 309 g/mol.